The molecule has 0 fully saturated rings. The van der Waals surface area contributed by atoms with Crippen LogP contribution in [0.2, 0.25) is 0 Å². The van der Waals surface area contributed by atoms with Crippen molar-refractivity contribution in [1.82, 2.24) is 0 Å². The molecule has 0 aliphatic carbocycles. The van der Waals surface area contributed by atoms with Crippen molar-refractivity contribution in [3.8, 4) is 9.85 Å². The van der Waals surface area contributed by atoms with Crippen molar-refractivity contribution in [2.45, 2.75) is 26.2 Å². The maximum atomic E-state index is 10.8. The van der Waals surface area contributed by atoms with E-state index in [1.165, 1.54) is 0 Å². The zero-order chi connectivity index (χ0) is 9.94. The van der Waals surface area contributed by atoms with E-state index in [-0.39, 0.29) is 6.61 Å². The molecule has 0 amide bonds. The van der Waals surface area contributed by atoms with Crippen LogP contribution in [0, 0.1) is 9.85 Å². The summed E-state index contributed by atoms with van der Waals surface area (Å²) in [6.45, 7) is 2.63. The standard InChI is InChI=1S/C9H13IO3/c1-2-3-4-7-12-9(11)13-8-5-6-10/h2-4,7-8H2,1H3. The van der Waals surface area contributed by atoms with Crippen molar-refractivity contribution in [2.24, 2.45) is 0 Å². The van der Waals surface area contributed by atoms with E-state index in [0.717, 1.165) is 19.3 Å². The molecule has 0 aromatic rings. The Labute approximate surface area is 92.3 Å². The molecule has 0 bridgehead atoms. The van der Waals surface area contributed by atoms with Crippen molar-refractivity contribution in [3.05, 3.63) is 0 Å². The third kappa shape index (κ3) is 9.47. The molecule has 0 radical (unpaired) electrons. The van der Waals surface area contributed by atoms with Gasteiger partial charge in [0, 0.05) is 22.6 Å². The molecule has 0 aromatic heterocycles. The average Bonchev–Trinajstić information content (AvgIpc) is 2.13. The molecule has 0 rings (SSSR count). The van der Waals surface area contributed by atoms with Gasteiger partial charge in [0.25, 0.3) is 0 Å². The minimum absolute atomic E-state index is 0.107. The first-order chi connectivity index (χ1) is 6.31. The number of ether oxygens (including phenoxy) is 2. The highest BCUT2D eigenvalue weighted by Crippen LogP contribution is 1.95. The summed E-state index contributed by atoms with van der Waals surface area (Å²) in [6, 6.07) is 0. The summed E-state index contributed by atoms with van der Waals surface area (Å²) in [5.74, 6) is 2.59. The lowest BCUT2D eigenvalue weighted by molar-refractivity contribution is 0.0633. The second-order valence-corrected chi connectivity index (χ2v) is 2.90. The summed E-state index contributed by atoms with van der Waals surface area (Å²) in [6.07, 6.45) is 2.44. The molecule has 13 heavy (non-hydrogen) atoms. The Balaban J connectivity index is 3.23. The predicted octanol–water partition coefficient (Wildman–Crippen LogP) is 2.73. The van der Waals surface area contributed by atoms with E-state index in [1.54, 1.807) is 0 Å². The van der Waals surface area contributed by atoms with Crippen LogP contribution in [0.1, 0.15) is 26.2 Å². The lowest BCUT2D eigenvalue weighted by atomic mass is 10.3. The average molecular weight is 296 g/mol. The van der Waals surface area contributed by atoms with Crippen LogP contribution in [0.15, 0.2) is 0 Å². The molecule has 3 nitrogen and oxygen atoms in total. The van der Waals surface area contributed by atoms with Crippen LogP contribution in [-0.2, 0) is 9.47 Å². The van der Waals surface area contributed by atoms with Gasteiger partial charge in [-0.25, -0.2) is 4.79 Å². The van der Waals surface area contributed by atoms with Gasteiger partial charge in [-0.1, -0.05) is 25.7 Å². The monoisotopic (exact) mass is 296 g/mol. The fourth-order valence-corrected chi connectivity index (χ4v) is 0.827. The molecule has 0 aliphatic rings. The summed E-state index contributed by atoms with van der Waals surface area (Å²) in [7, 11) is 0. The summed E-state index contributed by atoms with van der Waals surface area (Å²) < 4.78 is 12.0. The fraction of sp³-hybridized carbons (Fsp3) is 0.667. The Morgan fingerprint density at radius 2 is 2.15 bits per heavy atom. The minimum atomic E-state index is -0.629. The number of unbranched alkanes of at least 4 members (excludes halogenated alkanes) is 2. The lowest BCUT2D eigenvalue weighted by Gasteiger charge is -2.02. The molecule has 0 aliphatic heterocycles. The first-order valence-corrected chi connectivity index (χ1v) is 5.27. The molecule has 74 valence electrons. The number of rotatable bonds is 5. The van der Waals surface area contributed by atoms with Crippen molar-refractivity contribution in [1.29, 1.82) is 0 Å². The van der Waals surface area contributed by atoms with Crippen molar-refractivity contribution < 1.29 is 14.3 Å². The molecule has 0 saturated heterocycles. The van der Waals surface area contributed by atoms with Crippen molar-refractivity contribution in [3.63, 3.8) is 0 Å². The second-order valence-electron chi connectivity index (χ2n) is 2.37. The number of hydrogen-bond acceptors (Lipinski definition) is 3. The van der Waals surface area contributed by atoms with Gasteiger partial charge in [-0.05, 0) is 10.3 Å². The van der Waals surface area contributed by atoms with Gasteiger partial charge in [-0.2, -0.15) is 0 Å². The smallest absolute Gasteiger partial charge is 0.434 e. The molecule has 0 heterocycles. The maximum absolute atomic E-state index is 10.8. The second kappa shape index (κ2) is 9.65. The Hall–Kier alpha value is -0.440. The number of carbonyl (C=O) groups is 1. The van der Waals surface area contributed by atoms with E-state index in [2.05, 4.69) is 21.5 Å². The van der Waals surface area contributed by atoms with Crippen LogP contribution in [-0.4, -0.2) is 19.4 Å². The first kappa shape index (κ1) is 12.6. The van der Waals surface area contributed by atoms with E-state index in [4.69, 9.17) is 4.74 Å². The highest BCUT2D eigenvalue weighted by molar-refractivity contribution is 14.1. The van der Waals surface area contributed by atoms with Crippen LogP contribution < -0.4 is 0 Å². The summed E-state index contributed by atoms with van der Waals surface area (Å²) >= 11 is 1.88. The van der Waals surface area contributed by atoms with Gasteiger partial charge in [-0.15, -0.1) is 0 Å². The Morgan fingerprint density at radius 1 is 1.38 bits per heavy atom. The molecule has 0 spiro atoms. The summed E-state index contributed by atoms with van der Waals surface area (Å²) in [5, 5.41) is 0. The SMILES string of the molecule is CCCCCOC(=O)OCC#CI. The molecule has 0 saturated carbocycles. The Morgan fingerprint density at radius 3 is 2.77 bits per heavy atom. The minimum Gasteiger partial charge on any atom is -0.434 e. The lowest BCUT2D eigenvalue weighted by Crippen LogP contribution is -2.08. The van der Waals surface area contributed by atoms with E-state index in [1.807, 2.05) is 22.6 Å². The molecule has 0 aromatic carbocycles. The van der Waals surface area contributed by atoms with E-state index >= 15 is 0 Å². The highest BCUT2D eigenvalue weighted by Gasteiger charge is 2.00. The van der Waals surface area contributed by atoms with E-state index in [9.17, 15) is 4.79 Å². The van der Waals surface area contributed by atoms with Crippen LogP contribution in [0.25, 0.3) is 0 Å². The van der Waals surface area contributed by atoms with Crippen LogP contribution >= 0.6 is 22.6 Å². The normalized spacial score (nSPS) is 8.46. The van der Waals surface area contributed by atoms with Crippen LogP contribution in [0.4, 0.5) is 4.79 Å². The van der Waals surface area contributed by atoms with Crippen molar-refractivity contribution >= 4 is 28.7 Å². The zero-order valence-corrected chi connectivity index (χ0v) is 9.80. The van der Waals surface area contributed by atoms with Crippen LogP contribution in [0.3, 0.4) is 0 Å². The van der Waals surface area contributed by atoms with Gasteiger partial charge in [0.15, 0.2) is 6.61 Å². The largest absolute Gasteiger partial charge is 0.509 e. The molecule has 0 N–H and O–H groups in total. The quantitative estimate of drug-likeness (QED) is 0.339. The van der Waals surface area contributed by atoms with Gasteiger partial charge in [0.2, 0.25) is 0 Å². The molecule has 0 unspecified atom stereocenters. The van der Waals surface area contributed by atoms with Gasteiger partial charge in [0.1, 0.15) is 0 Å². The summed E-state index contributed by atoms with van der Waals surface area (Å²) in [5.41, 5.74) is 0. The van der Waals surface area contributed by atoms with Crippen LogP contribution in [0.5, 0.6) is 0 Å². The molecular formula is C9H13IO3. The molecular weight excluding hydrogens is 283 g/mol. The number of hydrogen-bond donors (Lipinski definition) is 0. The van der Waals surface area contributed by atoms with E-state index in [0.29, 0.717) is 6.61 Å². The fourth-order valence-electron chi connectivity index (χ4n) is 0.672. The maximum Gasteiger partial charge on any atom is 0.509 e. The predicted molar refractivity (Wildman–Crippen MR) is 58.6 cm³/mol. The first-order valence-electron chi connectivity index (χ1n) is 4.19. The number of carbonyl (C=O) groups excluding carboxylic acids is 1. The van der Waals surface area contributed by atoms with Gasteiger partial charge in [-0.3, -0.25) is 0 Å². The Kier molecular flexibility index (Phi) is 9.32. The molecule has 4 heteroatoms. The topological polar surface area (TPSA) is 35.5 Å². The third-order valence-electron chi connectivity index (χ3n) is 1.30. The number of halogens is 1. The third-order valence-corrected chi connectivity index (χ3v) is 1.68. The Bertz CT molecular complexity index is 193. The summed E-state index contributed by atoms with van der Waals surface area (Å²) in [4.78, 5) is 10.8. The zero-order valence-electron chi connectivity index (χ0n) is 7.64. The van der Waals surface area contributed by atoms with Gasteiger partial charge >= 0.3 is 6.16 Å². The molecule has 0 atom stereocenters. The van der Waals surface area contributed by atoms with Crippen molar-refractivity contribution in [2.75, 3.05) is 13.2 Å². The van der Waals surface area contributed by atoms with Gasteiger partial charge < -0.3 is 9.47 Å². The highest BCUT2D eigenvalue weighted by atomic mass is 127. The van der Waals surface area contributed by atoms with Gasteiger partial charge in [0.05, 0.1) is 6.61 Å². The van der Waals surface area contributed by atoms with E-state index < -0.39 is 6.16 Å².